The van der Waals surface area contributed by atoms with Gasteiger partial charge in [-0.3, -0.25) is 14.3 Å². The maximum Gasteiger partial charge on any atom is 0.345 e. The highest BCUT2D eigenvalue weighted by atomic mass is 31.2. The summed E-state index contributed by atoms with van der Waals surface area (Å²) in [6.07, 6.45) is 0. The minimum atomic E-state index is -3.60. The van der Waals surface area contributed by atoms with Gasteiger partial charge in [-0.15, -0.1) is 0 Å². The highest BCUT2D eigenvalue weighted by Gasteiger charge is 2.61. The van der Waals surface area contributed by atoms with Crippen LogP contribution in [0.3, 0.4) is 0 Å². The lowest BCUT2D eigenvalue weighted by Crippen LogP contribution is -2.59. The van der Waals surface area contributed by atoms with E-state index < -0.39 is 19.3 Å². The van der Waals surface area contributed by atoms with E-state index in [1.807, 2.05) is 48.5 Å². The Bertz CT molecular complexity index is 889. The summed E-state index contributed by atoms with van der Waals surface area (Å²) in [6, 6.07) is 14.4. The molecule has 0 radical (unpaired) electrons. The molecule has 2 aromatic carbocycles. The zero-order chi connectivity index (χ0) is 18.3. The van der Waals surface area contributed by atoms with Crippen LogP contribution >= 0.6 is 7.60 Å². The second-order valence-corrected chi connectivity index (χ2v) is 8.23. The van der Waals surface area contributed by atoms with E-state index in [0.29, 0.717) is 17.2 Å². The summed E-state index contributed by atoms with van der Waals surface area (Å²) in [6.45, 7) is 3.91. The van der Waals surface area contributed by atoms with Gasteiger partial charge < -0.3 is 13.8 Å². The number of carbonyl (C=O) groups is 1. The Labute approximate surface area is 152 Å². The Kier molecular flexibility index (Phi) is 4.35. The number of fused-ring (bicyclic) bond motifs is 5. The fourth-order valence-corrected chi connectivity index (χ4v) is 5.75. The molecule has 4 rings (SSSR count). The first-order valence-corrected chi connectivity index (χ1v) is 10.3. The van der Waals surface area contributed by atoms with Crippen LogP contribution in [0.5, 0.6) is 11.5 Å². The lowest BCUT2D eigenvalue weighted by atomic mass is 9.92. The normalized spacial score (nSPS) is 21.0. The van der Waals surface area contributed by atoms with Crippen LogP contribution in [0.25, 0.3) is 0 Å². The summed E-state index contributed by atoms with van der Waals surface area (Å²) in [4.78, 5) is 14.7. The van der Waals surface area contributed by atoms with Gasteiger partial charge in [-0.2, -0.15) is 0 Å². The highest BCUT2D eigenvalue weighted by Crippen LogP contribution is 2.65. The lowest BCUT2D eigenvalue weighted by molar-refractivity contribution is -0.124. The summed E-state index contributed by atoms with van der Waals surface area (Å²) < 4.78 is 30.4. The lowest BCUT2D eigenvalue weighted by Gasteiger charge is -2.47. The van der Waals surface area contributed by atoms with Crippen LogP contribution in [-0.2, 0) is 18.4 Å². The van der Waals surface area contributed by atoms with E-state index in [4.69, 9.17) is 13.8 Å². The molecule has 0 aromatic heterocycles. The van der Waals surface area contributed by atoms with Crippen molar-refractivity contribution in [2.24, 2.45) is 0 Å². The number of hydrogen-bond donors (Lipinski definition) is 0. The first kappa shape index (κ1) is 17.3. The zero-order valence-electron chi connectivity index (χ0n) is 14.6. The van der Waals surface area contributed by atoms with Crippen molar-refractivity contribution in [1.29, 1.82) is 0 Å². The molecule has 2 atom stereocenters. The second kappa shape index (κ2) is 6.54. The molecule has 0 spiro atoms. The molecule has 1 amide bonds. The number of ether oxygens (including phenoxy) is 1. The first-order valence-electron chi connectivity index (χ1n) is 8.68. The molecular weight excluding hydrogens is 353 g/mol. The summed E-state index contributed by atoms with van der Waals surface area (Å²) in [5, 5.41) is 0. The molecule has 1 saturated heterocycles. The minimum Gasteiger partial charge on any atom is -0.455 e. The van der Waals surface area contributed by atoms with Crippen molar-refractivity contribution in [2.45, 2.75) is 25.5 Å². The number of carbonyl (C=O) groups excluding carboxylic acids is 1. The predicted molar refractivity (Wildman–Crippen MR) is 97.8 cm³/mol. The van der Waals surface area contributed by atoms with Crippen LogP contribution in [0.15, 0.2) is 48.5 Å². The van der Waals surface area contributed by atoms with Gasteiger partial charge in [0.1, 0.15) is 5.75 Å². The van der Waals surface area contributed by atoms with E-state index in [-0.39, 0.29) is 19.1 Å². The smallest absolute Gasteiger partial charge is 0.345 e. The molecule has 2 heterocycles. The second-order valence-electron chi connectivity index (χ2n) is 6.08. The molecule has 2 aromatic rings. The maximum atomic E-state index is 13.4. The SMILES string of the molecule is CCOP(=O)(OCC)[C@H]1C(=O)N2c3ccccc3Oc3ccccc3[C@H]12. The molecular formula is C19H20NO5P. The van der Waals surface area contributed by atoms with E-state index in [9.17, 15) is 9.36 Å². The van der Waals surface area contributed by atoms with Gasteiger partial charge in [0, 0.05) is 5.56 Å². The molecule has 7 heteroatoms. The Balaban J connectivity index is 1.87. The Hall–Kier alpha value is -2.14. The summed E-state index contributed by atoms with van der Waals surface area (Å²) in [5.41, 5.74) is 0.584. The fourth-order valence-electron chi connectivity index (χ4n) is 3.60. The van der Waals surface area contributed by atoms with Crippen molar-refractivity contribution in [1.82, 2.24) is 0 Å². The number of hydrogen-bond acceptors (Lipinski definition) is 5. The van der Waals surface area contributed by atoms with Gasteiger partial charge in [-0.1, -0.05) is 30.3 Å². The fraction of sp³-hybridized carbons (Fsp3) is 0.316. The van der Waals surface area contributed by atoms with Crippen molar-refractivity contribution < 1.29 is 23.1 Å². The molecule has 2 aliphatic heterocycles. The van der Waals surface area contributed by atoms with Crippen LogP contribution in [0.2, 0.25) is 0 Å². The van der Waals surface area contributed by atoms with E-state index in [1.165, 1.54) is 0 Å². The van der Waals surface area contributed by atoms with Crippen LogP contribution < -0.4 is 9.64 Å². The molecule has 136 valence electrons. The summed E-state index contributed by atoms with van der Waals surface area (Å²) in [5.74, 6) is 0.967. The molecule has 2 aliphatic rings. The topological polar surface area (TPSA) is 65.1 Å². The zero-order valence-corrected chi connectivity index (χ0v) is 15.5. The molecule has 0 saturated carbocycles. The third-order valence-corrected chi connectivity index (χ3v) is 7.03. The number of rotatable bonds is 5. The van der Waals surface area contributed by atoms with Gasteiger partial charge >= 0.3 is 7.60 Å². The average Bonchev–Trinajstić information content (AvgIpc) is 2.74. The van der Waals surface area contributed by atoms with Crippen molar-refractivity contribution in [2.75, 3.05) is 18.1 Å². The number of anilines is 1. The Morgan fingerprint density at radius 3 is 2.31 bits per heavy atom. The number of para-hydroxylation sites is 3. The molecule has 0 bridgehead atoms. The van der Waals surface area contributed by atoms with Crippen LogP contribution in [0, 0.1) is 0 Å². The van der Waals surface area contributed by atoms with E-state index >= 15 is 0 Å². The summed E-state index contributed by atoms with van der Waals surface area (Å²) >= 11 is 0. The van der Waals surface area contributed by atoms with Crippen molar-refractivity contribution in [3.8, 4) is 11.5 Å². The van der Waals surface area contributed by atoms with Crippen molar-refractivity contribution in [3.05, 3.63) is 54.1 Å². The largest absolute Gasteiger partial charge is 0.455 e. The standard InChI is InChI=1S/C19H20NO5P/c1-3-23-26(22,24-4-2)18-17-13-9-5-7-11-15(13)25-16-12-8-6-10-14(16)20(17)19(18)21/h5-12,17-18H,3-4H2,1-2H3/t17-,18-/m1/s1. The van der Waals surface area contributed by atoms with Crippen molar-refractivity contribution >= 4 is 19.2 Å². The van der Waals surface area contributed by atoms with Gasteiger partial charge in [-0.25, -0.2) is 0 Å². The highest BCUT2D eigenvalue weighted by molar-refractivity contribution is 7.56. The third kappa shape index (κ3) is 2.49. The Morgan fingerprint density at radius 1 is 1.00 bits per heavy atom. The van der Waals surface area contributed by atoms with Gasteiger partial charge in [-0.05, 0) is 32.0 Å². The van der Waals surface area contributed by atoms with E-state index in [1.54, 1.807) is 18.7 Å². The van der Waals surface area contributed by atoms with E-state index in [2.05, 4.69) is 0 Å². The van der Waals surface area contributed by atoms with Crippen LogP contribution in [0.4, 0.5) is 5.69 Å². The van der Waals surface area contributed by atoms with Crippen LogP contribution in [0.1, 0.15) is 25.5 Å². The van der Waals surface area contributed by atoms with Gasteiger partial charge in [0.15, 0.2) is 11.4 Å². The molecule has 0 unspecified atom stereocenters. The summed E-state index contributed by atoms with van der Waals surface area (Å²) in [7, 11) is -3.60. The van der Waals surface area contributed by atoms with E-state index in [0.717, 1.165) is 5.56 Å². The molecule has 0 aliphatic carbocycles. The maximum absolute atomic E-state index is 13.4. The number of β-lactam (4-membered cyclic amide) rings is 1. The van der Waals surface area contributed by atoms with Crippen molar-refractivity contribution in [3.63, 3.8) is 0 Å². The van der Waals surface area contributed by atoms with Gasteiger partial charge in [0.05, 0.1) is 24.9 Å². The van der Waals surface area contributed by atoms with Crippen LogP contribution in [-0.4, -0.2) is 24.8 Å². The predicted octanol–water partition coefficient (Wildman–Crippen LogP) is 4.51. The molecule has 0 N–H and O–H groups in total. The first-order chi connectivity index (χ1) is 12.6. The third-order valence-electron chi connectivity index (χ3n) is 4.61. The number of benzene rings is 2. The average molecular weight is 373 g/mol. The molecule has 6 nitrogen and oxygen atoms in total. The monoisotopic (exact) mass is 373 g/mol. The van der Waals surface area contributed by atoms with Gasteiger partial charge in [0.2, 0.25) is 5.91 Å². The molecule has 26 heavy (non-hydrogen) atoms. The number of nitrogens with zero attached hydrogens (tertiary/aromatic N) is 1. The van der Waals surface area contributed by atoms with Gasteiger partial charge in [0.25, 0.3) is 0 Å². The molecule has 1 fully saturated rings. The number of amides is 1. The quantitative estimate of drug-likeness (QED) is 0.570. The minimum absolute atomic E-state index is 0.211. The Morgan fingerprint density at radius 2 is 1.62 bits per heavy atom.